The molecule has 7 heterocycles. The van der Waals surface area contributed by atoms with Gasteiger partial charge in [0, 0.05) is 77.7 Å². The Hall–Kier alpha value is -6.92. The summed E-state index contributed by atoms with van der Waals surface area (Å²) in [6, 6.07) is 39.1. The fraction of sp³-hybridized carbons (Fsp3) is 0.353. The van der Waals surface area contributed by atoms with Crippen molar-refractivity contribution >= 4 is 131 Å². The Bertz CT molecular complexity index is 3960. The SMILES string of the molecule is CCCCn1c2ccc1c1cc(C(C)(C)C)cc3c4ccc5c6cc(C(C)(C)C)cc(c6[nH]c5c4[nH]c31)c1ccc(c3cc(C(C)(C)C)cc4c5ccc6c7cc(C(C)(C)C)cc2c7[nH]c6c5[nH]c43)n1CCCC. The normalized spacial score (nSPS) is 13.6. The summed E-state index contributed by atoms with van der Waals surface area (Å²) in [6.45, 7) is 34.7. The van der Waals surface area contributed by atoms with Gasteiger partial charge in [0.25, 0.3) is 0 Å². The molecule has 0 saturated carbocycles. The lowest BCUT2D eigenvalue weighted by molar-refractivity contribution is 0.591. The molecule has 13 rings (SSSR count). The van der Waals surface area contributed by atoms with Crippen LogP contribution in [0.3, 0.4) is 0 Å². The molecule has 0 spiro atoms. The lowest BCUT2D eigenvalue weighted by Gasteiger charge is -2.20. The van der Waals surface area contributed by atoms with E-state index in [1.165, 1.54) is 131 Å². The number of aromatic amines is 4. The third-order valence-corrected chi connectivity index (χ3v) is 17.1. The highest BCUT2D eigenvalue weighted by Gasteiger charge is 2.26. The number of fused-ring (bicyclic) bond motifs is 12. The van der Waals surface area contributed by atoms with Crippen molar-refractivity contribution in [2.24, 2.45) is 0 Å². The zero-order valence-corrected chi connectivity index (χ0v) is 46.4. The van der Waals surface area contributed by atoms with Gasteiger partial charge in [-0.1, -0.05) is 134 Å². The molecule has 74 heavy (non-hydrogen) atoms. The summed E-state index contributed by atoms with van der Waals surface area (Å²) in [5.41, 5.74) is 19.4. The second kappa shape index (κ2) is 15.8. The number of unbranched alkanes of at least 4 members (excludes halogenated alkanes) is 2. The molecule has 0 aliphatic heterocycles. The minimum atomic E-state index is -0.0744. The molecule has 0 aliphatic carbocycles. The van der Waals surface area contributed by atoms with E-state index in [4.69, 9.17) is 0 Å². The standard InChI is InChI=1S/C68H74N6/c1-15-17-27-73-53-23-24-54(73)50-34-38(66(6,7)8)30-46-42-20-22-44-48-32-40(68(12,13)14)36-52(60(48)72-64(44)62(42)70-58(46)50)56-26-25-55(74(56)28-18-16-2)51-35-39(67(9,10)11)31-47-43-21-19-41-45-29-37(65(3,4)5)33-49(53)57(45)69-61(41)63(43)71-59(47)51/h19-26,29-36,69-72H,15-18,27-28H2,1-14H3. The molecule has 0 atom stereocenters. The Morgan fingerprint density at radius 1 is 0.284 bits per heavy atom. The first-order valence-electron chi connectivity index (χ1n) is 27.7. The van der Waals surface area contributed by atoms with Crippen LogP contribution in [0, 0.1) is 0 Å². The average Bonchev–Trinajstić information content (AvgIpc) is 4.25. The van der Waals surface area contributed by atoms with Gasteiger partial charge >= 0.3 is 0 Å². The van der Waals surface area contributed by atoms with Crippen molar-refractivity contribution in [2.75, 3.05) is 0 Å². The van der Waals surface area contributed by atoms with Crippen molar-refractivity contribution in [1.82, 2.24) is 29.1 Å². The van der Waals surface area contributed by atoms with E-state index in [0.29, 0.717) is 0 Å². The predicted octanol–water partition coefficient (Wildman–Crippen LogP) is 19.8. The van der Waals surface area contributed by atoms with Gasteiger partial charge in [0.15, 0.2) is 0 Å². The topological polar surface area (TPSA) is 73.0 Å². The number of nitrogens with zero attached hydrogens (tertiary/aromatic N) is 2. The maximum atomic E-state index is 4.18. The molecule has 7 aromatic heterocycles. The fourth-order valence-electron chi connectivity index (χ4n) is 12.6. The van der Waals surface area contributed by atoms with E-state index in [1.54, 1.807) is 0 Å². The first kappa shape index (κ1) is 46.8. The van der Waals surface area contributed by atoms with Crippen LogP contribution in [0.15, 0.2) is 97.1 Å². The smallest absolute Gasteiger partial charge is 0.0710 e. The Kier molecular flexibility index (Phi) is 10.0. The van der Waals surface area contributed by atoms with Crippen LogP contribution in [-0.4, -0.2) is 29.1 Å². The van der Waals surface area contributed by atoms with Crippen LogP contribution in [0.5, 0.6) is 0 Å². The number of hydrogen-bond donors (Lipinski definition) is 4. The Labute approximate surface area is 434 Å². The number of rotatable bonds is 6. The molecule has 6 aromatic carbocycles. The van der Waals surface area contributed by atoms with E-state index in [2.05, 4.69) is 223 Å². The maximum absolute atomic E-state index is 4.18. The summed E-state index contributed by atoms with van der Waals surface area (Å²) in [6.07, 6.45) is 4.35. The van der Waals surface area contributed by atoms with Crippen molar-refractivity contribution in [3.63, 3.8) is 0 Å². The van der Waals surface area contributed by atoms with E-state index < -0.39 is 0 Å². The number of aromatic nitrogens is 6. The number of hydrogen-bond acceptors (Lipinski definition) is 0. The van der Waals surface area contributed by atoms with Gasteiger partial charge in [-0.15, -0.1) is 0 Å². The van der Waals surface area contributed by atoms with Gasteiger partial charge in [0.05, 0.1) is 66.2 Å². The Morgan fingerprint density at radius 3 is 0.703 bits per heavy atom. The molecule has 6 nitrogen and oxygen atoms in total. The lowest BCUT2D eigenvalue weighted by Crippen LogP contribution is -2.11. The molecule has 0 aliphatic rings. The highest BCUT2D eigenvalue weighted by Crippen LogP contribution is 2.45. The van der Waals surface area contributed by atoms with E-state index in [-0.39, 0.29) is 21.7 Å². The fourth-order valence-corrected chi connectivity index (χ4v) is 12.6. The van der Waals surface area contributed by atoms with Crippen molar-refractivity contribution < 1.29 is 0 Å². The van der Waals surface area contributed by atoms with Gasteiger partial charge in [-0.05, 0) is 130 Å². The molecule has 12 bridgehead atoms. The van der Waals surface area contributed by atoms with Gasteiger partial charge in [-0.3, -0.25) is 0 Å². The Morgan fingerprint density at radius 2 is 0.500 bits per heavy atom. The minimum absolute atomic E-state index is 0.0744. The van der Waals surface area contributed by atoms with Gasteiger partial charge in [0.1, 0.15) is 0 Å². The van der Waals surface area contributed by atoms with Gasteiger partial charge in [-0.25, -0.2) is 0 Å². The summed E-state index contributed by atoms with van der Waals surface area (Å²) < 4.78 is 5.29. The van der Waals surface area contributed by atoms with Crippen LogP contribution in [0.2, 0.25) is 0 Å². The molecular weight excluding hydrogens is 901 g/mol. The molecule has 0 saturated heterocycles. The second-order valence-corrected chi connectivity index (χ2v) is 26.3. The van der Waals surface area contributed by atoms with Gasteiger partial charge in [-0.2, -0.15) is 0 Å². The van der Waals surface area contributed by atoms with E-state index in [0.717, 1.165) is 60.8 Å². The van der Waals surface area contributed by atoms with Crippen molar-refractivity contribution in [2.45, 2.75) is 157 Å². The van der Waals surface area contributed by atoms with E-state index in [1.807, 2.05) is 0 Å². The molecule has 13 aromatic rings. The number of nitrogens with one attached hydrogen (secondary N) is 4. The largest absolute Gasteiger partial charge is 0.352 e. The first-order chi connectivity index (χ1) is 35.1. The van der Waals surface area contributed by atoms with Crippen LogP contribution in [-0.2, 0) is 34.7 Å². The quantitative estimate of drug-likeness (QED) is 0.128. The van der Waals surface area contributed by atoms with E-state index >= 15 is 0 Å². The summed E-state index contributed by atoms with van der Waals surface area (Å²) in [4.78, 5) is 16.7. The molecule has 376 valence electrons. The number of benzene rings is 6. The lowest BCUT2D eigenvalue weighted by atomic mass is 9.85. The minimum Gasteiger partial charge on any atom is -0.352 e. The summed E-state index contributed by atoms with van der Waals surface area (Å²) in [5, 5.41) is 15.1. The van der Waals surface area contributed by atoms with Crippen LogP contribution in [0.4, 0.5) is 0 Å². The average molecular weight is 975 g/mol. The van der Waals surface area contributed by atoms with Crippen molar-refractivity contribution in [3.05, 3.63) is 119 Å². The number of H-pyrrole nitrogens is 4. The molecule has 0 amide bonds. The third kappa shape index (κ3) is 6.88. The first-order valence-corrected chi connectivity index (χ1v) is 27.7. The monoisotopic (exact) mass is 975 g/mol. The Balaban J connectivity index is 1.33. The van der Waals surface area contributed by atoms with Crippen molar-refractivity contribution in [1.29, 1.82) is 0 Å². The predicted molar refractivity (Wildman–Crippen MR) is 323 cm³/mol. The van der Waals surface area contributed by atoms with Crippen LogP contribution < -0.4 is 0 Å². The zero-order valence-electron chi connectivity index (χ0n) is 46.4. The number of aryl methyl sites for hydroxylation is 2. The van der Waals surface area contributed by atoms with Crippen LogP contribution in [0.1, 0.15) is 145 Å². The zero-order chi connectivity index (χ0) is 51.7. The summed E-state index contributed by atoms with van der Waals surface area (Å²) in [7, 11) is 0. The highest BCUT2D eigenvalue weighted by molar-refractivity contribution is 6.29. The maximum Gasteiger partial charge on any atom is 0.0710 e. The molecule has 0 fully saturated rings. The molecule has 0 unspecified atom stereocenters. The molecular formula is C68H74N6. The second-order valence-electron chi connectivity index (χ2n) is 26.3. The van der Waals surface area contributed by atoms with Crippen LogP contribution in [0.25, 0.3) is 131 Å². The molecule has 4 N–H and O–H groups in total. The van der Waals surface area contributed by atoms with Crippen LogP contribution >= 0.6 is 0 Å². The van der Waals surface area contributed by atoms with Gasteiger partial charge in [0.2, 0.25) is 0 Å². The summed E-state index contributed by atoms with van der Waals surface area (Å²) in [5.74, 6) is 0. The van der Waals surface area contributed by atoms with Crippen molar-refractivity contribution in [3.8, 4) is 0 Å². The highest BCUT2D eigenvalue weighted by atomic mass is 15.0. The molecule has 0 radical (unpaired) electrons. The molecule has 6 heteroatoms. The van der Waals surface area contributed by atoms with E-state index in [9.17, 15) is 0 Å². The summed E-state index contributed by atoms with van der Waals surface area (Å²) >= 11 is 0. The third-order valence-electron chi connectivity index (χ3n) is 17.1. The van der Waals surface area contributed by atoms with Gasteiger partial charge < -0.3 is 29.1 Å².